The molecule has 0 aliphatic rings. The summed E-state index contributed by atoms with van der Waals surface area (Å²) in [7, 11) is 1.43. The van der Waals surface area contributed by atoms with Crippen molar-refractivity contribution in [1.82, 2.24) is 5.32 Å². The summed E-state index contributed by atoms with van der Waals surface area (Å²) in [6.07, 6.45) is 0. The number of para-hydroxylation sites is 1. The first-order valence-electron chi connectivity index (χ1n) is 5.33. The highest BCUT2D eigenvalue weighted by molar-refractivity contribution is 5.97. The summed E-state index contributed by atoms with van der Waals surface area (Å²) in [4.78, 5) is 22.9. The number of esters is 1. The van der Waals surface area contributed by atoms with Crippen molar-refractivity contribution in [3.05, 3.63) is 23.8 Å². The van der Waals surface area contributed by atoms with Gasteiger partial charge in [0.25, 0.3) is 5.91 Å². The number of nitrogens with zero attached hydrogens (tertiary/aromatic N) is 1. The highest BCUT2D eigenvalue weighted by atomic mass is 16.5. The van der Waals surface area contributed by atoms with E-state index >= 15 is 0 Å². The quantitative estimate of drug-likeness (QED) is 0.441. The van der Waals surface area contributed by atoms with Crippen molar-refractivity contribution in [1.29, 1.82) is 5.26 Å². The number of hydrogen-bond donors (Lipinski definition) is 2. The van der Waals surface area contributed by atoms with Gasteiger partial charge in [-0.15, -0.1) is 0 Å². The summed E-state index contributed by atoms with van der Waals surface area (Å²) in [6.45, 7) is -0.616. The van der Waals surface area contributed by atoms with Gasteiger partial charge in [-0.3, -0.25) is 4.79 Å². The lowest BCUT2D eigenvalue weighted by Crippen LogP contribution is -2.29. The predicted molar refractivity (Wildman–Crippen MR) is 66.3 cm³/mol. The fraction of sp³-hybridized carbons (Fsp3) is 0.250. The molecular formula is C12H13N3O4. The summed E-state index contributed by atoms with van der Waals surface area (Å²) < 4.78 is 9.74. The number of ether oxygens (including phenoxy) is 2. The standard InChI is InChI=1S/C12H13N3O4/c1-18-9-4-2-3-8(11(9)14)12(17)19-7-10(16)15-6-5-13/h2-4H,6-7,14H2,1H3,(H,15,16). The third kappa shape index (κ3) is 3.89. The number of nitriles is 1. The van der Waals surface area contributed by atoms with Crippen molar-refractivity contribution in [2.75, 3.05) is 26.0 Å². The van der Waals surface area contributed by atoms with Crippen molar-refractivity contribution >= 4 is 17.6 Å². The zero-order valence-corrected chi connectivity index (χ0v) is 10.3. The summed E-state index contributed by atoms with van der Waals surface area (Å²) in [5.74, 6) is -0.941. The first-order chi connectivity index (χ1) is 9.10. The van der Waals surface area contributed by atoms with Crippen molar-refractivity contribution < 1.29 is 19.1 Å². The van der Waals surface area contributed by atoms with Crippen LogP contribution in [0.4, 0.5) is 5.69 Å². The third-order valence-corrected chi connectivity index (χ3v) is 2.20. The van der Waals surface area contributed by atoms with Crippen molar-refractivity contribution in [3.63, 3.8) is 0 Å². The van der Waals surface area contributed by atoms with Crippen LogP contribution in [0.5, 0.6) is 5.75 Å². The number of hydrogen-bond acceptors (Lipinski definition) is 6. The van der Waals surface area contributed by atoms with Gasteiger partial charge in [-0.1, -0.05) is 6.07 Å². The van der Waals surface area contributed by atoms with Crippen molar-refractivity contribution in [2.45, 2.75) is 0 Å². The van der Waals surface area contributed by atoms with E-state index in [2.05, 4.69) is 5.32 Å². The lowest BCUT2D eigenvalue weighted by molar-refractivity contribution is -0.123. The minimum absolute atomic E-state index is 0.118. The van der Waals surface area contributed by atoms with Crippen molar-refractivity contribution in [3.8, 4) is 11.8 Å². The molecule has 0 atom stereocenters. The fourth-order valence-electron chi connectivity index (χ4n) is 1.30. The Kier molecular flexibility index (Phi) is 5.17. The number of anilines is 1. The van der Waals surface area contributed by atoms with Crippen LogP contribution in [0.3, 0.4) is 0 Å². The van der Waals surface area contributed by atoms with Crippen LogP contribution in [0.2, 0.25) is 0 Å². The van der Waals surface area contributed by atoms with Gasteiger partial charge in [-0.2, -0.15) is 5.26 Å². The number of carbonyl (C=O) groups is 2. The molecule has 0 aliphatic carbocycles. The minimum Gasteiger partial charge on any atom is -0.495 e. The van der Waals surface area contributed by atoms with E-state index in [4.69, 9.17) is 20.5 Å². The number of nitrogens with two attached hydrogens (primary N) is 1. The number of methoxy groups -OCH3 is 1. The molecule has 0 bridgehead atoms. The molecule has 0 aliphatic heterocycles. The van der Waals surface area contributed by atoms with Crippen LogP contribution < -0.4 is 15.8 Å². The van der Waals surface area contributed by atoms with Crippen LogP contribution in [-0.4, -0.2) is 32.1 Å². The molecule has 1 aromatic carbocycles. The number of amides is 1. The maximum atomic E-state index is 11.7. The van der Waals surface area contributed by atoms with E-state index in [1.807, 2.05) is 0 Å². The first kappa shape index (κ1) is 14.3. The Balaban J connectivity index is 2.64. The number of benzene rings is 1. The molecule has 100 valence electrons. The highest BCUT2D eigenvalue weighted by Gasteiger charge is 2.15. The van der Waals surface area contributed by atoms with Crippen LogP contribution in [0.25, 0.3) is 0 Å². The van der Waals surface area contributed by atoms with Crippen LogP contribution in [0.1, 0.15) is 10.4 Å². The maximum Gasteiger partial charge on any atom is 0.340 e. The lowest BCUT2D eigenvalue weighted by Gasteiger charge is -2.09. The molecule has 0 radical (unpaired) electrons. The van der Waals surface area contributed by atoms with Gasteiger partial charge >= 0.3 is 5.97 Å². The molecular weight excluding hydrogens is 250 g/mol. The minimum atomic E-state index is -0.733. The van der Waals surface area contributed by atoms with Crippen molar-refractivity contribution in [2.24, 2.45) is 0 Å². The van der Waals surface area contributed by atoms with Gasteiger partial charge in [0.15, 0.2) is 6.61 Å². The molecule has 1 rings (SSSR count). The van der Waals surface area contributed by atoms with Crippen LogP contribution >= 0.6 is 0 Å². The van der Waals surface area contributed by atoms with E-state index in [9.17, 15) is 9.59 Å². The smallest absolute Gasteiger partial charge is 0.340 e. The SMILES string of the molecule is COc1cccc(C(=O)OCC(=O)NCC#N)c1N. The Bertz CT molecular complexity index is 522. The number of carbonyl (C=O) groups excluding carboxylic acids is 2. The van der Waals surface area contributed by atoms with Gasteiger partial charge in [-0.25, -0.2) is 4.79 Å². The number of nitrogen functional groups attached to an aromatic ring is 1. The van der Waals surface area contributed by atoms with Gasteiger partial charge in [0.05, 0.1) is 24.4 Å². The van der Waals surface area contributed by atoms with Gasteiger partial charge in [0.2, 0.25) is 0 Å². The molecule has 7 heteroatoms. The predicted octanol–water partition coefficient (Wildman–Crippen LogP) is 0.0740. The monoisotopic (exact) mass is 263 g/mol. The first-order valence-corrected chi connectivity index (χ1v) is 5.33. The maximum absolute atomic E-state index is 11.7. The summed E-state index contributed by atoms with van der Waals surface area (Å²) in [5, 5.41) is 10.5. The number of nitrogens with one attached hydrogen (secondary N) is 1. The summed E-state index contributed by atoms with van der Waals surface area (Å²) >= 11 is 0. The Morgan fingerprint density at radius 2 is 2.21 bits per heavy atom. The Morgan fingerprint density at radius 1 is 1.47 bits per heavy atom. The summed E-state index contributed by atoms with van der Waals surface area (Å²) in [5.41, 5.74) is 5.98. The molecule has 19 heavy (non-hydrogen) atoms. The Labute approximate surface area is 109 Å². The zero-order chi connectivity index (χ0) is 14.3. The van der Waals surface area contributed by atoms with Crippen LogP contribution in [0.15, 0.2) is 18.2 Å². The molecule has 0 saturated heterocycles. The number of rotatable bonds is 5. The van der Waals surface area contributed by atoms with Gasteiger partial charge in [0, 0.05) is 0 Å². The second kappa shape index (κ2) is 6.86. The van der Waals surface area contributed by atoms with Gasteiger partial charge in [0.1, 0.15) is 12.3 Å². The van der Waals surface area contributed by atoms with Gasteiger partial charge < -0.3 is 20.5 Å². The normalized spacial score (nSPS) is 9.26. The zero-order valence-electron chi connectivity index (χ0n) is 10.3. The highest BCUT2D eigenvalue weighted by Crippen LogP contribution is 2.25. The Hall–Kier alpha value is -2.75. The molecule has 0 spiro atoms. The lowest BCUT2D eigenvalue weighted by atomic mass is 10.1. The second-order valence-corrected chi connectivity index (χ2v) is 3.43. The van der Waals surface area contributed by atoms with E-state index in [1.54, 1.807) is 18.2 Å². The van der Waals surface area contributed by atoms with Crippen LogP contribution in [-0.2, 0) is 9.53 Å². The van der Waals surface area contributed by atoms with E-state index < -0.39 is 18.5 Å². The topological polar surface area (TPSA) is 114 Å². The van der Waals surface area contributed by atoms with Gasteiger partial charge in [-0.05, 0) is 12.1 Å². The van der Waals surface area contributed by atoms with Crippen LogP contribution in [0, 0.1) is 11.3 Å². The molecule has 1 amide bonds. The Morgan fingerprint density at radius 3 is 2.84 bits per heavy atom. The molecule has 0 aromatic heterocycles. The molecule has 0 heterocycles. The molecule has 0 saturated carbocycles. The largest absolute Gasteiger partial charge is 0.495 e. The fourth-order valence-corrected chi connectivity index (χ4v) is 1.30. The summed E-state index contributed by atoms with van der Waals surface area (Å²) in [6, 6.07) is 6.39. The average Bonchev–Trinajstić information content (AvgIpc) is 2.42. The average molecular weight is 263 g/mol. The second-order valence-electron chi connectivity index (χ2n) is 3.43. The molecule has 1 aromatic rings. The molecule has 0 fully saturated rings. The van der Waals surface area contributed by atoms with E-state index in [-0.39, 0.29) is 17.8 Å². The van der Waals surface area contributed by atoms with E-state index in [0.29, 0.717) is 5.75 Å². The van der Waals surface area contributed by atoms with E-state index in [1.165, 1.54) is 13.2 Å². The molecule has 0 unspecified atom stereocenters. The van der Waals surface area contributed by atoms with E-state index in [0.717, 1.165) is 0 Å². The molecule has 7 nitrogen and oxygen atoms in total. The molecule has 3 N–H and O–H groups in total. The third-order valence-electron chi connectivity index (χ3n) is 2.20.